The quantitative estimate of drug-likeness (QED) is 0.450. The van der Waals surface area contributed by atoms with Crippen molar-refractivity contribution in [1.82, 2.24) is 20.0 Å². The van der Waals surface area contributed by atoms with E-state index < -0.39 is 0 Å². The molecular weight excluding hydrogens is 378 g/mol. The first-order valence-electron chi connectivity index (χ1n) is 11.0. The number of rotatable bonds is 6. The molecule has 0 amide bonds. The Labute approximate surface area is 179 Å². The number of ether oxygens (including phenoxy) is 2. The number of morpholine rings is 1. The maximum atomic E-state index is 6.22. The Bertz CT molecular complexity index is 850. The van der Waals surface area contributed by atoms with Gasteiger partial charge in [-0.3, -0.25) is 9.67 Å². The lowest BCUT2D eigenvalue weighted by Gasteiger charge is -2.34. The number of aliphatic imine (C=N–C) groups is 1. The second-order valence-electron chi connectivity index (χ2n) is 8.03. The highest BCUT2D eigenvalue weighted by Gasteiger charge is 2.25. The fourth-order valence-electron chi connectivity index (χ4n) is 4.36. The molecule has 1 aliphatic heterocycles. The van der Waals surface area contributed by atoms with Crippen LogP contribution in [0.25, 0.3) is 0 Å². The Morgan fingerprint density at radius 1 is 1.37 bits per heavy atom. The predicted octanol–water partition coefficient (Wildman–Crippen LogP) is 2.85. The highest BCUT2D eigenvalue weighted by Crippen LogP contribution is 2.32. The summed E-state index contributed by atoms with van der Waals surface area (Å²) in [5, 5.41) is 7.76. The van der Waals surface area contributed by atoms with E-state index in [4.69, 9.17) is 9.47 Å². The number of guanidine groups is 1. The molecule has 7 heteroatoms. The Balaban J connectivity index is 1.22. The fourth-order valence-corrected chi connectivity index (χ4v) is 4.36. The minimum atomic E-state index is 0.0284. The number of nitrogens with one attached hydrogen (secondary N) is 1. The Hall–Kier alpha value is -2.38. The third kappa shape index (κ3) is 5.02. The molecule has 30 heavy (non-hydrogen) atoms. The van der Waals surface area contributed by atoms with Gasteiger partial charge in [-0.25, -0.2) is 0 Å². The summed E-state index contributed by atoms with van der Waals surface area (Å²) in [4.78, 5) is 6.74. The van der Waals surface area contributed by atoms with Gasteiger partial charge in [-0.2, -0.15) is 5.10 Å². The van der Waals surface area contributed by atoms with Crippen LogP contribution in [-0.2, 0) is 22.9 Å². The van der Waals surface area contributed by atoms with Gasteiger partial charge in [-0.1, -0.05) is 24.3 Å². The van der Waals surface area contributed by atoms with Crippen molar-refractivity contribution < 1.29 is 9.47 Å². The number of aromatic nitrogens is 2. The van der Waals surface area contributed by atoms with Crippen LogP contribution in [0.4, 0.5) is 0 Å². The van der Waals surface area contributed by atoms with Gasteiger partial charge in [0.25, 0.3) is 0 Å². The van der Waals surface area contributed by atoms with Crippen molar-refractivity contribution in [3.8, 4) is 0 Å². The van der Waals surface area contributed by atoms with E-state index in [0.29, 0.717) is 6.61 Å². The minimum absolute atomic E-state index is 0.0284. The second kappa shape index (κ2) is 10.1. The van der Waals surface area contributed by atoms with Crippen LogP contribution in [-0.4, -0.2) is 60.5 Å². The van der Waals surface area contributed by atoms with Crippen molar-refractivity contribution in [3.05, 3.63) is 53.3 Å². The van der Waals surface area contributed by atoms with Crippen LogP contribution in [0.1, 0.15) is 48.2 Å². The second-order valence-corrected chi connectivity index (χ2v) is 8.03. The Morgan fingerprint density at radius 3 is 3.10 bits per heavy atom. The lowest BCUT2D eigenvalue weighted by Crippen LogP contribution is -2.48. The van der Waals surface area contributed by atoms with Crippen molar-refractivity contribution >= 4 is 5.96 Å². The van der Waals surface area contributed by atoms with Crippen LogP contribution in [0.3, 0.4) is 0 Å². The number of aryl methyl sites for hydroxylation is 2. The van der Waals surface area contributed by atoms with Crippen LogP contribution in [0.2, 0.25) is 0 Å². The highest BCUT2D eigenvalue weighted by molar-refractivity contribution is 5.80. The largest absolute Gasteiger partial charge is 0.373 e. The van der Waals surface area contributed by atoms with Crippen molar-refractivity contribution in [1.29, 1.82) is 0 Å². The van der Waals surface area contributed by atoms with Gasteiger partial charge in [0.1, 0.15) is 6.10 Å². The molecule has 2 aliphatic rings. The van der Waals surface area contributed by atoms with Gasteiger partial charge in [0.05, 0.1) is 25.5 Å². The number of fused-ring (bicyclic) bond motifs is 1. The molecule has 0 radical (unpaired) electrons. The van der Waals surface area contributed by atoms with Gasteiger partial charge in [-0.05, 0) is 36.8 Å². The molecule has 162 valence electrons. The fraction of sp³-hybridized carbons (Fsp3) is 0.565. The maximum absolute atomic E-state index is 6.22. The maximum Gasteiger partial charge on any atom is 0.193 e. The number of nitrogens with zero attached hydrogens (tertiary/aromatic N) is 4. The van der Waals surface area contributed by atoms with Crippen LogP contribution in [0, 0.1) is 0 Å². The van der Waals surface area contributed by atoms with Gasteiger partial charge in [0.2, 0.25) is 0 Å². The number of hydrogen-bond acceptors (Lipinski definition) is 4. The summed E-state index contributed by atoms with van der Waals surface area (Å²) >= 11 is 0. The third-order valence-corrected chi connectivity index (χ3v) is 5.91. The van der Waals surface area contributed by atoms with Gasteiger partial charge in [-0.15, -0.1) is 0 Å². The van der Waals surface area contributed by atoms with Crippen molar-refractivity contribution in [2.24, 2.45) is 12.0 Å². The lowest BCUT2D eigenvalue weighted by atomic mass is 9.89. The molecule has 1 aromatic carbocycles. The zero-order valence-electron chi connectivity index (χ0n) is 18.1. The van der Waals surface area contributed by atoms with Gasteiger partial charge < -0.3 is 19.7 Å². The predicted molar refractivity (Wildman–Crippen MR) is 118 cm³/mol. The Kier molecular flexibility index (Phi) is 7.02. The molecule has 1 fully saturated rings. The molecule has 4 rings (SSSR count). The van der Waals surface area contributed by atoms with Crippen molar-refractivity contribution in [2.45, 2.75) is 37.9 Å². The number of benzene rings is 1. The Morgan fingerprint density at radius 2 is 2.27 bits per heavy atom. The third-order valence-electron chi connectivity index (χ3n) is 5.91. The lowest BCUT2D eigenvalue weighted by molar-refractivity contribution is -0.00812. The van der Waals surface area contributed by atoms with E-state index in [-0.39, 0.29) is 12.2 Å². The van der Waals surface area contributed by atoms with Crippen molar-refractivity contribution in [2.75, 3.05) is 39.9 Å². The monoisotopic (exact) mass is 411 g/mol. The molecule has 7 nitrogen and oxygen atoms in total. The zero-order chi connectivity index (χ0) is 20.8. The van der Waals surface area contributed by atoms with Gasteiger partial charge in [0.15, 0.2) is 5.96 Å². The molecule has 0 bridgehead atoms. The van der Waals surface area contributed by atoms with Gasteiger partial charge >= 0.3 is 0 Å². The highest BCUT2D eigenvalue weighted by atomic mass is 16.5. The summed E-state index contributed by atoms with van der Waals surface area (Å²) < 4.78 is 14.0. The van der Waals surface area contributed by atoms with E-state index in [2.05, 4.69) is 44.6 Å². The first-order valence-corrected chi connectivity index (χ1v) is 11.0. The van der Waals surface area contributed by atoms with E-state index in [9.17, 15) is 0 Å². The summed E-state index contributed by atoms with van der Waals surface area (Å²) in [7, 11) is 3.77. The molecule has 1 N–H and O–H groups in total. The minimum Gasteiger partial charge on any atom is -0.373 e. The molecule has 0 saturated carbocycles. The molecule has 2 atom stereocenters. The normalized spacial score (nSPS) is 22.1. The van der Waals surface area contributed by atoms with Crippen LogP contribution < -0.4 is 5.32 Å². The summed E-state index contributed by atoms with van der Waals surface area (Å²) in [6.07, 6.45) is 8.63. The zero-order valence-corrected chi connectivity index (χ0v) is 18.1. The van der Waals surface area contributed by atoms with Crippen LogP contribution >= 0.6 is 0 Å². The first kappa shape index (κ1) is 20.9. The SMILES string of the molecule is CN=C(NCCCOC1CCCc2ccccc21)N1CCOC(c2cnn(C)c2)C1. The van der Waals surface area contributed by atoms with E-state index in [1.54, 1.807) is 0 Å². The molecule has 1 saturated heterocycles. The molecular formula is C23H33N5O2. The van der Waals surface area contributed by atoms with Gasteiger partial charge in [0, 0.05) is 45.6 Å². The van der Waals surface area contributed by atoms with E-state index in [0.717, 1.165) is 50.6 Å². The van der Waals surface area contributed by atoms with Crippen LogP contribution in [0.15, 0.2) is 41.7 Å². The summed E-state index contributed by atoms with van der Waals surface area (Å²) in [6, 6.07) is 8.70. The molecule has 0 spiro atoms. The van der Waals surface area contributed by atoms with Crippen LogP contribution in [0.5, 0.6) is 0 Å². The van der Waals surface area contributed by atoms with E-state index in [1.807, 2.05) is 31.2 Å². The molecule has 1 aromatic heterocycles. The average Bonchev–Trinajstić information content (AvgIpc) is 3.23. The van der Waals surface area contributed by atoms with E-state index in [1.165, 1.54) is 24.0 Å². The smallest absolute Gasteiger partial charge is 0.193 e. The standard InChI is InChI=1S/C23H33N5O2/c1-24-23(28-12-14-30-22(17-28)19-15-26-27(2)16-19)25-11-6-13-29-21-10-5-8-18-7-3-4-9-20(18)21/h3-4,7,9,15-16,21-22H,5-6,8,10-14,17H2,1-2H3,(H,24,25). The number of hydrogen-bond donors (Lipinski definition) is 1. The van der Waals surface area contributed by atoms with E-state index >= 15 is 0 Å². The first-order chi connectivity index (χ1) is 14.7. The molecule has 2 aromatic rings. The topological polar surface area (TPSA) is 63.9 Å². The molecule has 2 heterocycles. The summed E-state index contributed by atoms with van der Waals surface area (Å²) in [6.45, 7) is 3.90. The summed E-state index contributed by atoms with van der Waals surface area (Å²) in [5.41, 5.74) is 3.93. The molecule has 1 aliphatic carbocycles. The van der Waals surface area contributed by atoms with Crippen molar-refractivity contribution in [3.63, 3.8) is 0 Å². The molecule has 2 unspecified atom stereocenters. The summed E-state index contributed by atoms with van der Waals surface area (Å²) in [5.74, 6) is 0.926. The average molecular weight is 412 g/mol.